The molecule has 0 aromatic heterocycles. The quantitative estimate of drug-likeness (QED) is 0.653. The second kappa shape index (κ2) is 8.99. The Kier molecular flexibility index (Phi) is 6.56. The first-order chi connectivity index (χ1) is 14.7. The molecule has 1 aliphatic heterocycles. The minimum atomic E-state index is -1.35. The molecule has 0 bridgehead atoms. The van der Waals surface area contributed by atoms with Crippen LogP contribution in [0, 0.1) is 22.6 Å². The Morgan fingerprint density at radius 2 is 1.97 bits per heavy atom. The Balaban J connectivity index is 2.05. The fourth-order valence-electron chi connectivity index (χ4n) is 4.14. The average molecular weight is 443 g/mol. The summed E-state index contributed by atoms with van der Waals surface area (Å²) in [5.74, 6) is -1.63. The number of nitrogens with zero attached hydrogens (tertiary/aromatic N) is 1. The second-order valence-corrected chi connectivity index (χ2v) is 8.31. The highest BCUT2D eigenvalue weighted by Gasteiger charge is 2.52. The summed E-state index contributed by atoms with van der Waals surface area (Å²) < 4.78 is 18.8. The standard InChI is InChI=1S/C24H24ClFN2O3/c1-14-24(2,23(29)30)22(18-10-7-16(26)12-20(18)25)19(13-27)21(28-14)11-6-15-4-8-17(31-3)9-5-15/h4-5,7-10,12,14,22,28H,6,11H2,1-3H3,(H,29,30). The first kappa shape index (κ1) is 22.6. The van der Waals surface area contributed by atoms with Gasteiger partial charge in [-0.2, -0.15) is 5.26 Å². The van der Waals surface area contributed by atoms with Gasteiger partial charge in [-0.25, -0.2) is 4.39 Å². The van der Waals surface area contributed by atoms with Gasteiger partial charge in [0.25, 0.3) is 0 Å². The van der Waals surface area contributed by atoms with Gasteiger partial charge in [0.15, 0.2) is 0 Å². The smallest absolute Gasteiger partial charge is 0.312 e. The fourth-order valence-corrected chi connectivity index (χ4v) is 4.41. The molecule has 0 amide bonds. The molecule has 0 radical (unpaired) electrons. The van der Waals surface area contributed by atoms with Crippen molar-refractivity contribution in [1.29, 1.82) is 5.26 Å². The zero-order chi connectivity index (χ0) is 22.8. The van der Waals surface area contributed by atoms with Crippen molar-refractivity contribution in [2.75, 3.05) is 7.11 Å². The van der Waals surface area contributed by atoms with Gasteiger partial charge in [-0.1, -0.05) is 29.8 Å². The van der Waals surface area contributed by atoms with Crippen LogP contribution < -0.4 is 10.1 Å². The van der Waals surface area contributed by atoms with Crippen LogP contribution in [-0.4, -0.2) is 24.2 Å². The third-order valence-corrected chi connectivity index (χ3v) is 6.51. The SMILES string of the molecule is COc1ccc(CCC2=C(C#N)C(c3ccc(F)cc3Cl)C(C)(C(=O)O)C(C)N2)cc1. The van der Waals surface area contributed by atoms with Gasteiger partial charge in [-0.3, -0.25) is 4.79 Å². The molecule has 2 aromatic rings. The molecule has 1 heterocycles. The molecule has 162 valence electrons. The van der Waals surface area contributed by atoms with Gasteiger partial charge in [0.05, 0.1) is 24.2 Å². The van der Waals surface area contributed by atoms with Gasteiger partial charge in [0, 0.05) is 22.7 Å². The van der Waals surface area contributed by atoms with Crippen LogP contribution in [0.2, 0.25) is 5.02 Å². The number of aryl methyl sites for hydroxylation is 1. The fraction of sp³-hybridized carbons (Fsp3) is 0.333. The Hall–Kier alpha value is -3.04. The first-order valence-electron chi connectivity index (χ1n) is 9.93. The summed E-state index contributed by atoms with van der Waals surface area (Å²) in [5.41, 5.74) is 1.12. The maximum Gasteiger partial charge on any atom is 0.312 e. The normalized spacial score (nSPS) is 23.1. The minimum Gasteiger partial charge on any atom is -0.497 e. The lowest BCUT2D eigenvalue weighted by Gasteiger charge is -2.45. The molecule has 3 rings (SSSR count). The molecule has 0 spiro atoms. The maximum absolute atomic E-state index is 13.7. The summed E-state index contributed by atoms with van der Waals surface area (Å²) in [5, 5.41) is 23.5. The van der Waals surface area contributed by atoms with Gasteiger partial charge in [-0.15, -0.1) is 0 Å². The second-order valence-electron chi connectivity index (χ2n) is 7.90. The number of hydrogen-bond donors (Lipinski definition) is 2. The molecular formula is C24H24ClFN2O3. The van der Waals surface area contributed by atoms with Gasteiger partial charge in [-0.05, 0) is 62.1 Å². The molecule has 3 atom stereocenters. The predicted octanol–water partition coefficient (Wildman–Crippen LogP) is 5.06. The third kappa shape index (κ3) is 4.24. The molecule has 3 unspecified atom stereocenters. The number of ether oxygens (including phenoxy) is 1. The topological polar surface area (TPSA) is 82.3 Å². The number of carbonyl (C=O) groups is 1. The molecule has 0 fully saturated rings. The van der Waals surface area contributed by atoms with Gasteiger partial charge in [0.1, 0.15) is 11.6 Å². The number of nitriles is 1. The van der Waals surface area contributed by atoms with Crippen LogP contribution in [0.25, 0.3) is 0 Å². The van der Waals surface area contributed by atoms with E-state index in [1.54, 1.807) is 21.0 Å². The number of allylic oxidation sites excluding steroid dienone is 2. The summed E-state index contributed by atoms with van der Waals surface area (Å²) in [6.45, 7) is 3.37. The first-order valence-corrected chi connectivity index (χ1v) is 10.3. The largest absolute Gasteiger partial charge is 0.497 e. The number of nitrogens with one attached hydrogen (secondary N) is 1. The van der Waals surface area contributed by atoms with E-state index in [-0.39, 0.29) is 5.02 Å². The number of halogens is 2. The number of hydrogen-bond acceptors (Lipinski definition) is 4. The van der Waals surface area contributed by atoms with E-state index in [1.807, 2.05) is 24.3 Å². The van der Waals surface area contributed by atoms with Crippen molar-refractivity contribution in [2.24, 2.45) is 5.41 Å². The lowest BCUT2D eigenvalue weighted by Crippen LogP contribution is -2.54. The summed E-state index contributed by atoms with van der Waals surface area (Å²) in [6, 6.07) is 13.2. The third-order valence-electron chi connectivity index (χ3n) is 6.18. The van der Waals surface area contributed by atoms with E-state index in [4.69, 9.17) is 16.3 Å². The van der Waals surface area contributed by atoms with Crippen molar-refractivity contribution in [3.8, 4) is 11.8 Å². The van der Waals surface area contributed by atoms with Crippen LogP contribution >= 0.6 is 11.6 Å². The highest BCUT2D eigenvalue weighted by molar-refractivity contribution is 6.31. The summed E-state index contributed by atoms with van der Waals surface area (Å²) >= 11 is 6.32. The molecule has 0 saturated heterocycles. The lowest BCUT2D eigenvalue weighted by molar-refractivity contribution is -0.150. The number of aliphatic carboxylic acids is 1. The Morgan fingerprint density at radius 3 is 2.52 bits per heavy atom. The number of carboxylic acid groups (broad SMARTS) is 1. The van der Waals surface area contributed by atoms with E-state index >= 15 is 0 Å². The number of methoxy groups -OCH3 is 1. The maximum atomic E-state index is 13.7. The predicted molar refractivity (Wildman–Crippen MR) is 116 cm³/mol. The lowest BCUT2D eigenvalue weighted by atomic mass is 9.63. The van der Waals surface area contributed by atoms with Crippen molar-refractivity contribution in [3.05, 3.63) is 75.7 Å². The molecular weight excluding hydrogens is 419 g/mol. The molecule has 0 saturated carbocycles. The van der Waals surface area contributed by atoms with Crippen molar-refractivity contribution in [2.45, 2.75) is 38.6 Å². The van der Waals surface area contributed by atoms with Crippen LogP contribution in [0.1, 0.15) is 37.3 Å². The monoisotopic (exact) mass is 442 g/mol. The Morgan fingerprint density at radius 1 is 1.29 bits per heavy atom. The van der Waals surface area contributed by atoms with E-state index in [0.29, 0.717) is 29.7 Å². The van der Waals surface area contributed by atoms with Crippen LogP contribution in [-0.2, 0) is 11.2 Å². The van der Waals surface area contributed by atoms with E-state index in [2.05, 4.69) is 11.4 Å². The molecule has 0 aliphatic carbocycles. The number of benzene rings is 2. The number of carboxylic acids is 1. The van der Waals surface area contributed by atoms with Crippen LogP contribution in [0.15, 0.2) is 53.7 Å². The average Bonchev–Trinajstić information content (AvgIpc) is 2.74. The van der Waals surface area contributed by atoms with Gasteiger partial charge < -0.3 is 15.2 Å². The van der Waals surface area contributed by atoms with Crippen molar-refractivity contribution >= 4 is 17.6 Å². The minimum absolute atomic E-state index is 0.105. The highest BCUT2D eigenvalue weighted by Crippen LogP contribution is 2.49. The van der Waals surface area contributed by atoms with Gasteiger partial charge >= 0.3 is 5.97 Å². The zero-order valence-electron chi connectivity index (χ0n) is 17.6. The van der Waals surface area contributed by atoms with Crippen molar-refractivity contribution < 1.29 is 19.0 Å². The number of rotatable bonds is 6. The summed E-state index contributed by atoms with van der Waals surface area (Å²) in [6.07, 6.45) is 1.17. The zero-order valence-corrected chi connectivity index (χ0v) is 18.3. The van der Waals surface area contributed by atoms with Crippen LogP contribution in [0.5, 0.6) is 5.75 Å². The van der Waals surface area contributed by atoms with Crippen LogP contribution in [0.3, 0.4) is 0 Å². The highest BCUT2D eigenvalue weighted by atomic mass is 35.5. The molecule has 2 N–H and O–H groups in total. The summed E-state index contributed by atoms with van der Waals surface area (Å²) in [7, 11) is 1.60. The van der Waals surface area contributed by atoms with E-state index in [9.17, 15) is 19.6 Å². The molecule has 2 aromatic carbocycles. The molecule has 5 nitrogen and oxygen atoms in total. The summed E-state index contributed by atoms with van der Waals surface area (Å²) in [4.78, 5) is 12.4. The molecule has 7 heteroatoms. The Labute approximate surface area is 186 Å². The van der Waals surface area contributed by atoms with Crippen molar-refractivity contribution in [1.82, 2.24) is 5.32 Å². The van der Waals surface area contributed by atoms with Crippen LogP contribution in [0.4, 0.5) is 4.39 Å². The van der Waals surface area contributed by atoms with E-state index < -0.39 is 29.2 Å². The molecule has 31 heavy (non-hydrogen) atoms. The van der Waals surface area contributed by atoms with Crippen molar-refractivity contribution in [3.63, 3.8) is 0 Å². The van der Waals surface area contributed by atoms with Gasteiger partial charge in [0.2, 0.25) is 0 Å². The molecule has 1 aliphatic rings. The van der Waals surface area contributed by atoms with E-state index in [1.165, 1.54) is 12.1 Å². The Bertz CT molecular complexity index is 1060. The van der Waals surface area contributed by atoms with E-state index in [0.717, 1.165) is 17.4 Å².